The lowest BCUT2D eigenvalue weighted by atomic mass is 10.0. The van der Waals surface area contributed by atoms with E-state index in [1.807, 2.05) is 12.2 Å². The van der Waals surface area contributed by atoms with Crippen LogP contribution in [-0.2, 0) is 9.53 Å². The van der Waals surface area contributed by atoms with E-state index >= 15 is 0 Å². The van der Waals surface area contributed by atoms with Crippen molar-refractivity contribution in [2.24, 2.45) is 4.99 Å². The van der Waals surface area contributed by atoms with Crippen molar-refractivity contribution in [2.75, 3.05) is 13.1 Å². The number of ether oxygens (including phenoxy) is 1. The first-order valence-electron chi connectivity index (χ1n) is 5.98. The monoisotopic (exact) mass is 277 g/mol. The molecular weight excluding hydrogens is 266 g/mol. The third kappa shape index (κ3) is 2.33. The van der Waals surface area contributed by atoms with Crippen molar-refractivity contribution < 1.29 is 9.53 Å². The fourth-order valence-electron chi connectivity index (χ4n) is 2.21. The lowest BCUT2D eigenvalue weighted by Crippen LogP contribution is -2.38. The summed E-state index contributed by atoms with van der Waals surface area (Å²) in [6.07, 6.45) is 6.45. The molecule has 5 nitrogen and oxygen atoms in total. The van der Waals surface area contributed by atoms with Crippen LogP contribution in [0.1, 0.15) is 11.7 Å². The molecule has 1 aromatic heterocycles. The van der Waals surface area contributed by atoms with Gasteiger partial charge in [-0.25, -0.2) is 9.98 Å². The summed E-state index contributed by atoms with van der Waals surface area (Å²) in [5, 5.41) is 0.377. The van der Waals surface area contributed by atoms with E-state index in [0.29, 0.717) is 18.2 Å². The second-order valence-corrected chi connectivity index (χ2v) is 4.77. The van der Waals surface area contributed by atoms with Gasteiger partial charge in [-0.15, -0.1) is 0 Å². The van der Waals surface area contributed by atoms with Crippen LogP contribution in [0.3, 0.4) is 0 Å². The van der Waals surface area contributed by atoms with Gasteiger partial charge in [-0.3, -0.25) is 4.79 Å². The maximum absolute atomic E-state index is 12.4. The fourth-order valence-corrected chi connectivity index (χ4v) is 2.39. The van der Waals surface area contributed by atoms with Gasteiger partial charge in [-0.1, -0.05) is 23.8 Å². The van der Waals surface area contributed by atoms with Crippen molar-refractivity contribution >= 4 is 23.9 Å². The van der Waals surface area contributed by atoms with Crippen molar-refractivity contribution in [1.82, 2.24) is 9.88 Å². The second kappa shape index (κ2) is 5.01. The highest BCUT2D eigenvalue weighted by atomic mass is 35.5. The van der Waals surface area contributed by atoms with Crippen LogP contribution >= 0.6 is 11.6 Å². The highest BCUT2D eigenvalue weighted by Crippen LogP contribution is 2.29. The molecule has 0 radical (unpaired) electrons. The molecule has 0 aliphatic carbocycles. The summed E-state index contributed by atoms with van der Waals surface area (Å²) in [6.45, 7) is 1.27. The lowest BCUT2D eigenvalue weighted by molar-refractivity contribution is -0.132. The Balaban J connectivity index is 1.81. The van der Waals surface area contributed by atoms with Crippen LogP contribution in [0.2, 0.25) is 5.15 Å². The van der Waals surface area contributed by atoms with Crippen molar-refractivity contribution in [3.05, 3.63) is 41.2 Å². The van der Waals surface area contributed by atoms with Crippen LogP contribution in [0, 0.1) is 0 Å². The van der Waals surface area contributed by atoms with Gasteiger partial charge in [0, 0.05) is 19.3 Å². The van der Waals surface area contributed by atoms with E-state index in [4.69, 9.17) is 16.3 Å². The Bertz CT molecular complexity index is 551. The van der Waals surface area contributed by atoms with Crippen LogP contribution in [0.5, 0.6) is 0 Å². The van der Waals surface area contributed by atoms with Crippen molar-refractivity contribution in [1.29, 1.82) is 0 Å². The van der Waals surface area contributed by atoms with E-state index in [0.717, 1.165) is 5.56 Å². The number of halogens is 1. The first-order valence-corrected chi connectivity index (χ1v) is 6.36. The normalized spacial score (nSPS) is 24.8. The van der Waals surface area contributed by atoms with Crippen molar-refractivity contribution in [3.8, 4) is 0 Å². The minimum atomic E-state index is -0.543. The summed E-state index contributed by atoms with van der Waals surface area (Å²) in [4.78, 5) is 22.2. The van der Waals surface area contributed by atoms with Gasteiger partial charge in [0.2, 0.25) is 0 Å². The van der Waals surface area contributed by atoms with E-state index in [1.165, 1.54) is 6.40 Å². The van der Waals surface area contributed by atoms with E-state index < -0.39 is 12.1 Å². The zero-order valence-electron chi connectivity index (χ0n) is 10.1. The van der Waals surface area contributed by atoms with Crippen LogP contribution < -0.4 is 0 Å². The third-order valence-electron chi connectivity index (χ3n) is 3.18. The Morgan fingerprint density at radius 1 is 1.42 bits per heavy atom. The van der Waals surface area contributed by atoms with Crippen molar-refractivity contribution in [3.63, 3.8) is 0 Å². The largest absolute Gasteiger partial charge is 0.473 e. The number of hydrogen-bond acceptors (Lipinski definition) is 4. The zero-order valence-corrected chi connectivity index (χ0v) is 10.8. The molecule has 0 spiro atoms. The van der Waals surface area contributed by atoms with Gasteiger partial charge in [0.05, 0.1) is 0 Å². The molecule has 0 bridgehead atoms. The number of carbonyl (C=O) groups excluding carboxylic acids is 1. The molecule has 2 atom stereocenters. The quantitative estimate of drug-likeness (QED) is 0.609. The molecule has 0 fully saturated rings. The average Bonchev–Trinajstić information content (AvgIpc) is 3.09. The molecule has 98 valence electrons. The van der Waals surface area contributed by atoms with Crippen LogP contribution in [0.25, 0.3) is 0 Å². The molecular formula is C13H12ClN3O2. The van der Waals surface area contributed by atoms with Crippen LogP contribution in [0.15, 0.2) is 35.5 Å². The molecule has 0 saturated heterocycles. The van der Waals surface area contributed by atoms with E-state index in [-0.39, 0.29) is 5.91 Å². The molecule has 0 saturated carbocycles. The minimum Gasteiger partial charge on any atom is -0.473 e. The first-order chi connectivity index (χ1) is 9.25. The molecule has 3 heterocycles. The van der Waals surface area contributed by atoms with Gasteiger partial charge < -0.3 is 9.64 Å². The summed E-state index contributed by atoms with van der Waals surface area (Å²) in [6, 6.07) is 2.94. The number of nitrogens with zero attached hydrogens (tertiary/aromatic N) is 3. The average molecular weight is 278 g/mol. The number of amides is 1. The van der Waals surface area contributed by atoms with E-state index in [2.05, 4.69) is 9.98 Å². The second-order valence-electron chi connectivity index (χ2n) is 4.38. The Morgan fingerprint density at radius 2 is 2.21 bits per heavy atom. The molecule has 2 aliphatic heterocycles. The van der Waals surface area contributed by atoms with E-state index in [9.17, 15) is 4.79 Å². The van der Waals surface area contributed by atoms with Crippen LogP contribution in [0.4, 0.5) is 0 Å². The Hall–Kier alpha value is -1.88. The number of hydrogen-bond donors (Lipinski definition) is 0. The topological polar surface area (TPSA) is 54.8 Å². The predicted molar refractivity (Wildman–Crippen MR) is 71.1 cm³/mol. The predicted octanol–water partition coefficient (Wildman–Crippen LogP) is 1.60. The number of rotatable bonds is 2. The maximum atomic E-state index is 12.4. The highest BCUT2D eigenvalue weighted by Gasteiger charge is 2.36. The summed E-state index contributed by atoms with van der Waals surface area (Å²) in [5.41, 5.74) is 0.808. The lowest BCUT2D eigenvalue weighted by Gasteiger charge is -2.22. The first kappa shape index (κ1) is 12.2. The van der Waals surface area contributed by atoms with Gasteiger partial charge in [-0.05, 0) is 17.7 Å². The number of carbonyl (C=O) groups is 1. The highest BCUT2D eigenvalue weighted by molar-refractivity contribution is 6.29. The molecule has 1 amide bonds. The van der Waals surface area contributed by atoms with E-state index in [1.54, 1.807) is 23.2 Å². The number of aliphatic imine (C=N–C) groups is 1. The Kier molecular flexibility index (Phi) is 3.21. The fraction of sp³-hybridized carbons (Fsp3) is 0.308. The maximum Gasteiger partial charge on any atom is 0.252 e. The Labute approximate surface area is 115 Å². The van der Waals surface area contributed by atoms with Gasteiger partial charge in [0.15, 0.2) is 18.5 Å². The summed E-state index contributed by atoms with van der Waals surface area (Å²) in [5.74, 6) is -0.0308. The smallest absolute Gasteiger partial charge is 0.252 e. The molecule has 0 N–H and O–H groups in total. The molecule has 3 rings (SSSR count). The molecule has 1 aromatic rings. The molecule has 6 heteroatoms. The van der Waals surface area contributed by atoms with Gasteiger partial charge in [0.25, 0.3) is 5.91 Å². The molecule has 0 unspecified atom stereocenters. The molecule has 0 aromatic carbocycles. The van der Waals surface area contributed by atoms with Gasteiger partial charge in [0.1, 0.15) is 5.15 Å². The summed E-state index contributed by atoms with van der Waals surface area (Å²) < 4.78 is 5.44. The summed E-state index contributed by atoms with van der Waals surface area (Å²) >= 11 is 5.86. The SMILES string of the molecule is O=C([C@@H]1N=CO[C@H]1c1ccnc(Cl)c1)N1CC=CC1. The minimum absolute atomic E-state index is 0.0308. The number of aromatic nitrogens is 1. The number of pyridine rings is 1. The molecule has 19 heavy (non-hydrogen) atoms. The van der Waals surface area contributed by atoms with Crippen LogP contribution in [-0.4, -0.2) is 41.3 Å². The van der Waals surface area contributed by atoms with Gasteiger partial charge >= 0.3 is 0 Å². The standard InChI is InChI=1S/C13H12ClN3O2/c14-10-7-9(3-4-15-10)12-11(16-8-19-12)13(18)17-5-1-2-6-17/h1-4,7-8,11-12H,5-6H2/t11-,12+/m1/s1. The zero-order chi connectivity index (χ0) is 13.2. The Morgan fingerprint density at radius 3 is 2.95 bits per heavy atom. The third-order valence-corrected chi connectivity index (χ3v) is 3.38. The van der Waals surface area contributed by atoms with Crippen molar-refractivity contribution in [2.45, 2.75) is 12.1 Å². The van der Waals surface area contributed by atoms with Gasteiger partial charge in [-0.2, -0.15) is 0 Å². The summed E-state index contributed by atoms with van der Waals surface area (Å²) in [7, 11) is 0. The molecule has 2 aliphatic rings.